The largest absolute Gasteiger partial charge is 0.497 e. The number of hydrogen-bond donors (Lipinski definition) is 2. The lowest BCUT2D eigenvalue weighted by Gasteiger charge is -2.19. The third-order valence-electron chi connectivity index (χ3n) is 2.97. The van der Waals surface area contributed by atoms with E-state index < -0.39 is 0 Å². The number of nitrogens with one attached hydrogen (secondary N) is 1. The smallest absolute Gasteiger partial charge is 0.122 e. The molecule has 1 aromatic carbocycles. The zero-order chi connectivity index (χ0) is 13.5. The monoisotopic (exact) mass is 250 g/mol. The first kappa shape index (κ1) is 14.5. The van der Waals surface area contributed by atoms with E-state index in [1.165, 1.54) is 0 Å². The second-order valence-corrected chi connectivity index (χ2v) is 4.17. The molecule has 0 bridgehead atoms. The molecule has 1 unspecified atom stereocenters. The van der Waals surface area contributed by atoms with Crippen LogP contribution in [0.3, 0.4) is 0 Å². The van der Waals surface area contributed by atoms with Gasteiger partial charge in [0.05, 0.1) is 14.2 Å². The van der Waals surface area contributed by atoms with Gasteiger partial charge in [-0.05, 0) is 30.5 Å². The van der Waals surface area contributed by atoms with Crippen molar-refractivity contribution >= 4 is 0 Å². The van der Waals surface area contributed by atoms with Gasteiger partial charge in [0.1, 0.15) is 11.5 Å². The van der Waals surface area contributed by atoms with E-state index in [0.29, 0.717) is 0 Å². The number of hydrazine groups is 1. The Kier molecular flexibility index (Phi) is 5.68. The molecule has 0 spiro atoms. The molecule has 0 aliphatic heterocycles. The molecule has 0 aliphatic carbocycles. The second-order valence-electron chi connectivity index (χ2n) is 4.17. The van der Waals surface area contributed by atoms with Gasteiger partial charge in [0.2, 0.25) is 0 Å². The summed E-state index contributed by atoms with van der Waals surface area (Å²) in [6.45, 7) is 6.10. The number of rotatable bonds is 7. The zero-order valence-corrected chi connectivity index (χ0v) is 11.3. The molecule has 0 heterocycles. The van der Waals surface area contributed by atoms with Gasteiger partial charge in [-0.15, -0.1) is 0 Å². The molecule has 0 aliphatic rings. The fourth-order valence-corrected chi connectivity index (χ4v) is 1.74. The molecule has 4 nitrogen and oxygen atoms in total. The summed E-state index contributed by atoms with van der Waals surface area (Å²) in [5.74, 6) is 7.13. The fourth-order valence-electron chi connectivity index (χ4n) is 1.74. The van der Waals surface area contributed by atoms with Crippen LogP contribution in [0.25, 0.3) is 0 Å². The van der Waals surface area contributed by atoms with Gasteiger partial charge in [-0.2, -0.15) is 0 Å². The molecule has 18 heavy (non-hydrogen) atoms. The van der Waals surface area contributed by atoms with Crippen LogP contribution in [0.1, 0.15) is 31.4 Å². The van der Waals surface area contributed by atoms with Crippen LogP contribution in [-0.2, 0) is 0 Å². The summed E-state index contributed by atoms with van der Waals surface area (Å²) in [5, 5.41) is 0. The lowest BCUT2D eigenvalue weighted by atomic mass is 9.98. The first-order valence-electron chi connectivity index (χ1n) is 6.00. The molecule has 0 fully saturated rings. The second kappa shape index (κ2) is 7.03. The molecule has 0 amide bonds. The Morgan fingerprint density at radius 3 is 2.22 bits per heavy atom. The summed E-state index contributed by atoms with van der Waals surface area (Å²) in [6.07, 6.45) is 1.74. The Morgan fingerprint density at radius 1 is 1.28 bits per heavy atom. The average molecular weight is 250 g/mol. The van der Waals surface area contributed by atoms with E-state index in [2.05, 4.69) is 18.9 Å². The van der Waals surface area contributed by atoms with Crippen molar-refractivity contribution in [3.63, 3.8) is 0 Å². The minimum Gasteiger partial charge on any atom is -0.497 e. The predicted octanol–water partition coefficient (Wildman–Crippen LogP) is 2.56. The molecule has 0 aromatic heterocycles. The van der Waals surface area contributed by atoms with Crippen LogP contribution in [0.4, 0.5) is 0 Å². The van der Waals surface area contributed by atoms with Crippen LogP contribution < -0.4 is 20.7 Å². The van der Waals surface area contributed by atoms with E-state index in [1.807, 2.05) is 18.2 Å². The molecule has 1 atom stereocenters. The number of nitrogens with two attached hydrogens (primary N) is 1. The first-order chi connectivity index (χ1) is 8.64. The summed E-state index contributed by atoms with van der Waals surface area (Å²) >= 11 is 0. The Hall–Kier alpha value is -1.52. The van der Waals surface area contributed by atoms with Crippen LogP contribution in [0.2, 0.25) is 0 Å². The van der Waals surface area contributed by atoms with Crippen LogP contribution in [0.5, 0.6) is 11.5 Å². The number of benzene rings is 1. The van der Waals surface area contributed by atoms with Crippen molar-refractivity contribution in [1.82, 2.24) is 5.43 Å². The molecule has 1 rings (SSSR count). The normalized spacial score (nSPS) is 12.0. The maximum atomic E-state index is 5.62. The fraction of sp³-hybridized carbons (Fsp3) is 0.429. The molecule has 4 heteroatoms. The third-order valence-corrected chi connectivity index (χ3v) is 2.97. The summed E-state index contributed by atoms with van der Waals surface area (Å²) < 4.78 is 10.5. The highest BCUT2D eigenvalue weighted by Crippen LogP contribution is 2.29. The Labute approximate surface area is 109 Å². The SMILES string of the molecule is C=C(CC)CC(NN)c1cc(OC)cc(OC)c1. The molecule has 1 aromatic rings. The van der Waals surface area contributed by atoms with Crippen molar-refractivity contribution in [2.24, 2.45) is 5.84 Å². The highest BCUT2D eigenvalue weighted by atomic mass is 16.5. The topological polar surface area (TPSA) is 56.5 Å². The van der Waals surface area contributed by atoms with Gasteiger partial charge < -0.3 is 9.47 Å². The summed E-state index contributed by atoms with van der Waals surface area (Å²) in [7, 11) is 3.27. The van der Waals surface area contributed by atoms with Gasteiger partial charge in [-0.3, -0.25) is 11.3 Å². The summed E-state index contributed by atoms with van der Waals surface area (Å²) in [5.41, 5.74) is 5.00. The van der Waals surface area contributed by atoms with E-state index in [-0.39, 0.29) is 6.04 Å². The molecular weight excluding hydrogens is 228 g/mol. The van der Waals surface area contributed by atoms with E-state index in [1.54, 1.807) is 14.2 Å². The first-order valence-corrected chi connectivity index (χ1v) is 6.00. The molecular formula is C14H22N2O2. The van der Waals surface area contributed by atoms with Gasteiger partial charge in [-0.25, -0.2) is 0 Å². The standard InChI is InChI=1S/C14H22N2O2/c1-5-10(2)6-14(16-15)11-7-12(17-3)9-13(8-11)18-4/h7-9,14,16H,2,5-6,15H2,1,3-4H3. The number of ether oxygens (including phenoxy) is 2. The van der Waals surface area contributed by atoms with Crippen molar-refractivity contribution in [3.8, 4) is 11.5 Å². The number of hydrogen-bond acceptors (Lipinski definition) is 4. The average Bonchev–Trinajstić information content (AvgIpc) is 2.43. The van der Waals surface area contributed by atoms with E-state index in [4.69, 9.17) is 15.3 Å². The Bertz CT molecular complexity index is 383. The highest BCUT2D eigenvalue weighted by molar-refractivity contribution is 5.40. The van der Waals surface area contributed by atoms with Crippen molar-refractivity contribution < 1.29 is 9.47 Å². The number of methoxy groups -OCH3 is 2. The van der Waals surface area contributed by atoms with Crippen LogP contribution in [0.15, 0.2) is 30.4 Å². The quantitative estimate of drug-likeness (QED) is 0.443. The van der Waals surface area contributed by atoms with Gasteiger partial charge in [0.25, 0.3) is 0 Å². The maximum Gasteiger partial charge on any atom is 0.122 e. The predicted molar refractivity (Wildman–Crippen MR) is 73.7 cm³/mol. The van der Waals surface area contributed by atoms with Gasteiger partial charge >= 0.3 is 0 Å². The van der Waals surface area contributed by atoms with E-state index >= 15 is 0 Å². The Morgan fingerprint density at radius 2 is 1.83 bits per heavy atom. The lowest BCUT2D eigenvalue weighted by molar-refractivity contribution is 0.391. The van der Waals surface area contributed by atoms with E-state index in [9.17, 15) is 0 Å². The van der Waals surface area contributed by atoms with Crippen molar-refractivity contribution in [2.75, 3.05) is 14.2 Å². The van der Waals surface area contributed by atoms with Crippen molar-refractivity contribution in [3.05, 3.63) is 35.9 Å². The highest BCUT2D eigenvalue weighted by Gasteiger charge is 2.13. The van der Waals surface area contributed by atoms with Gasteiger partial charge in [-0.1, -0.05) is 19.1 Å². The van der Waals surface area contributed by atoms with Gasteiger partial charge in [0.15, 0.2) is 0 Å². The van der Waals surface area contributed by atoms with Crippen LogP contribution in [-0.4, -0.2) is 14.2 Å². The zero-order valence-electron chi connectivity index (χ0n) is 11.3. The van der Waals surface area contributed by atoms with E-state index in [0.717, 1.165) is 35.5 Å². The molecule has 0 radical (unpaired) electrons. The lowest BCUT2D eigenvalue weighted by Crippen LogP contribution is -2.28. The van der Waals surface area contributed by atoms with Crippen LogP contribution >= 0.6 is 0 Å². The molecule has 0 saturated heterocycles. The molecule has 100 valence electrons. The summed E-state index contributed by atoms with van der Waals surface area (Å²) in [6, 6.07) is 5.76. The third kappa shape index (κ3) is 3.75. The minimum absolute atomic E-state index is 0.0152. The molecule has 3 N–H and O–H groups in total. The van der Waals surface area contributed by atoms with Crippen molar-refractivity contribution in [2.45, 2.75) is 25.8 Å². The summed E-state index contributed by atoms with van der Waals surface area (Å²) in [4.78, 5) is 0. The maximum absolute atomic E-state index is 5.62. The van der Waals surface area contributed by atoms with Crippen LogP contribution in [0, 0.1) is 0 Å². The minimum atomic E-state index is 0.0152. The van der Waals surface area contributed by atoms with Gasteiger partial charge in [0, 0.05) is 12.1 Å². The molecule has 0 saturated carbocycles. The van der Waals surface area contributed by atoms with Crippen molar-refractivity contribution in [1.29, 1.82) is 0 Å². The Balaban J connectivity index is 3.00.